The van der Waals surface area contributed by atoms with Gasteiger partial charge >= 0.3 is 115 Å². The van der Waals surface area contributed by atoms with Crippen molar-refractivity contribution in [3.63, 3.8) is 0 Å². The number of nitrogens with two attached hydrogens (primary N) is 2. The van der Waals surface area contributed by atoms with Gasteiger partial charge in [0.05, 0.1) is 13.1 Å². The SMILES string of the molecule is CC(C)(C)OC(=O)CN.CC(C)(C)OC(=O)CN.Cl.O=C([O-])[O-].[K+].[K+]. The van der Waals surface area contributed by atoms with Gasteiger partial charge in [0.1, 0.15) is 11.2 Å². The molecule has 0 aliphatic heterocycles. The molecule has 0 rings (SSSR count). The van der Waals surface area contributed by atoms with Crippen LogP contribution in [0.4, 0.5) is 4.79 Å². The van der Waals surface area contributed by atoms with Crippen LogP contribution in [0.2, 0.25) is 0 Å². The van der Waals surface area contributed by atoms with Crippen molar-refractivity contribution in [1.82, 2.24) is 0 Å². The fraction of sp³-hybridized carbons (Fsp3) is 0.769. The van der Waals surface area contributed by atoms with Crippen LogP contribution in [0, 0.1) is 0 Å². The number of carbonyl (C=O) groups is 3. The zero-order chi connectivity index (χ0) is 18.6. The molecule has 0 bridgehead atoms. The number of esters is 2. The van der Waals surface area contributed by atoms with Crippen molar-refractivity contribution >= 4 is 30.5 Å². The molecular weight excluding hydrogens is 410 g/mol. The zero-order valence-electron chi connectivity index (χ0n) is 16.3. The Hall–Kier alpha value is 1.69. The summed E-state index contributed by atoms with van der Waals surface area (Å²) in [7, 11) is 0. The fourth-order valence-electron chi connectivity index (χ4n) is 0.766. The summed E-state index contributed by atoms with van der Waals surface area (Å²) in [5.41, 5.74) is 9.20. The van der Waals surface area contributed by atoms with E-state index in [1.54, 1.807) is 41.5 Å². The van der Waals surface area contributed by atoms with Gasteiger partial charge in [-0.15, -0.1) is 12.4 Å². The summed E-state index contributed by atoms with van der Waals surface area (Å²) < 4.78 is 9.65. The van der Waals surface area contributed by atoms with E-state index in [9.17, 15) is 9.59 Å². The zero-order valence-corrected chi connectivity index (χ0v) is 23.4. The molecule has 0 aromatic rings. The molecule has 0 heterocycles. The van der Waals surface area contributed by atoms with Crippen molar-refractivity contribution in [2.75, 3.05) is 13.1 Å². The second kappa shape index (κ2) is 22.0. The van der Waals surface area contributed by atoms with Crippen LogP contribution in [0.3, 0.4) is 0 Å². The molecule has 0 fully saturated rings. The smallest absolute Gasteiger partial charge is 0.652 e. The van der Waals surface area contributed by atoms with Crippen LogP contribution in [-0.2, 0) is 19.1 Å². The van der Waals surface area contributed by atoms with Crippen LogP contribution in [0.15, 0.2) is 0 Å². The van der Waals surface area contributed by atoms with Gasteiger partial charge in [-0.2, -0.15) is 0 Å². The first-order chi connectivity index (χ1) is 9.64. The Morgan fingerprint density at radius 2 is 0.920 bits per heavy atom. The van der Waals surface area contributed by atoms with Gasteiger partial charge in [0.2, 0.25) is 0 Å². The standard InChI is InChI=1S/2C6H13NO2.CH2O3.ClH.2K/c2*1-6(2,3)9-5(8)4-7;2-1(3)4;;;/h2*4,7H2,1-3H3;(H2,2,3,4);1H;;/q;;;;2*+1/p-2. The first-order valence-corrected chi connectivity index (χ1v) is 6.36. The molecule has 140 valence electrons. The van der Waals surface area contributed by atoms with Gasteiger partial charge < -0.3 is 35.9 Å². The number of hydrogen-bond donors (Lipinski definition) is 2. The second-order valence-corrected chi connectivity index (χ2v) is 5.83. The minimum absolute atomic E-state index is 0. The predicted molar refractivity (Wildman–Crippen MR) is 82.4 cm³/mol. The third-order valence-electron chi connectivity index (χ3n) is 1.17. The summed E-state index contributed by atoms with van der Waals surface area (Å²) >= 11 is 0. The Morgan fingerprint density at radius 1 is 0.760 bits per heavy atom. The molecule has 0 aliphatic rings. The fourth-order valence-corrected chi connectivity index (χ4v) is 0.766. The molecule has 25 heavy (non-hydrogen) atoms. The molecule has 0 atom stereocenters. The summed E-state index contributed by atoms with van der Waals surface area (Å²) in [5, 5.41) is 16.7. The number of hydrogen-bond acceptors (Lipinski definition) is 9. The van der Waals surface area contributed by atoms with Gasteiger partial charge in [0.15, 0.2) is 0 Å². The maximum absolute atomic E-state index is 10.5. The Morgan fingerprint density at radius 3 is 0.960 bits per heavy atom. The summed E-state index contributed by atoms with van der Waals surface area (Å²) in [6.07, 6.45) is -2.33. The topological polar surface area (TPSA) is 168 Å². The average molecular weight is 437 g/mol. The quantitative estimate of drug-likeness (QED) is 0.315. The summed E-state index contributed by atoms with van der Waals surface area (Å²) in [6, 6.07) is 0. The maximum atomic E-state index is 10.5. The molecule has 4 N–H and O–H groups in total. The van der Waals surface area contributed by atoms with Crippen LogP contribution < -0.4 is 124 Å². The van der Waals surface area contributed by atoms with Gasteiger partial charge in [-0.1, -0.05) is 0 Å². The first-order valence-electron chi connectivity index (χ1n) is 6.36. The number of carbonyl (C=O) groups excluding carboxylic acids is 3. The van der Waals surface area contributed by atoms with Crippen molar-refractivity contribution in [2.45, 2.75) is 52.7 Å². The van der Waals surface area contributed by atoms with Crippen LogP contribution in [0.25, 0.3) is 0 Å². The Labute approximate surface area is 240 Å². The molecule has 0 aliphatic carbocycles. The van der Waals surface area contributed by atoms with E-state index in [-0.39, 0.29) is 140 Å². The number of ether oxygens (including phenoxy) is 2. The molecule has 0 radical (unpaired) electrons. The van der Waals surface area contributed by atoms with Crippen LogP contribution >= 0.6 is 12.4 Å². The largest absolute Gasteiger partial charge is 1.00 e. The molecule has 0 unspecified atom stereocenters. The number of rotatable bonds is 2. The normalized spacial score (nSPS) is 8.96. The van der Waals surface area contributed by atoms with Crippen LogP contribution in [-0.4, -0.2) is 42.4 Å². The molecule has 0 aromatic carbocycles. The van der Waals surface area contributed by atoms with E-state index in [0.717, 1.165) is 0 Å². The van der Waals surface area contributed by atoms with Crippen molar-refractivity contribution in [1.29, 1.82) is 0 Å². The minimum atomic E-state index is -2.33. The number of carboxylic acid groups (broad SMARTS) is 2. The Kier molecular flexibility index (Phi) is 36.2. The van der Waals surface area contributed by atoms with Gasteiger partial charge in [-0.3, -0.25) is 9.59 Å². The van der Waals surface area contributed by atoms with Crippen molar-refractivity contribution < 1.29 is 137 Å². The van der Waals surface area contributed by atoms with Gasteiger partial charge in [0, 0.05) is 0 Å². The average Bonchev–Trinajstić information content (AvgIpc) is 2.24. The van der Waals surface area contributed by atoms with E-state index in [0.29, 0.717) is 0 Å². The summed E-state index contributed by atoms with van der Waals surface area (Å²) in [5.74, 6) is -0.718. The predicted octanol–water partition coefficient (Wildman–Crippen LogP) is -7.44. The van der Waals surface area contributed by atoms with E-state index in [1.807, 2.05) is 0 Å². The Bertz CT molecular complexity index is 327. The van der Waals surface area contributed by atoms with Crippen molar-refractivity contribution in [2.24, 2.45) is 11.5 Å². The van der Waals surface area contributed by atoms with Gasteiger partial charge in [-0.25, -0.2) is 0 Å². The minimum Gasteiger partial charge on any atom is -0.652 e. The molecular formula is C13H27ClK2N2O7. The summed E-state index contributed by atoms with van der Waals surface area (Å²) in [4.78, 5) is 29.3. The Balaban J connectivity index is -0.0000000543. The molecule has 12 heteroatoms. The van der Waals surface area contributed by atoms with Crippen LogP contribution in [0.5, 0.6) is 0 Å². The third-order valence-corrected chi connectivity index (χ3v) is 1.17. The van der Waals surface area contributed by atoms with E-state index >= 15 is 0 Å². The third kappa shape index (κ3) is 58.6. The van der Waals surface area contributed by atoms with E-state index < -0.39 is 17.4 Å². The molecule has 0 spiro atoms. The second-order valence-electron chi connectivity index (χ2n) is 5.83. The first kappa shape index (κ1) is 41.2. The molecule has 0 amide bonds. The molecule has 0 saturated carbocycles. The maximum Gasteiger partial charge on any atom is 1.00 e. The van der Waals surface area contributed by atoms with E-state index in [1.165, 1.54) is 0 Å². The van der Waals surface area contributed by atoms with Gasteiger partial charge in [-0.05, 0) is 47.7 Å². The van der Waals surface area contributed by atoms with Gasteiger partial charge in [0.25, 0.3) is 0 Å². The van der Waals surface area contributed by atoms with Crippen molar-refractivity contribution in [3.8, 4) is 0 Å². The molecule has 0 aromatic heterocycles. The molecule has 9 nitrogen and oxygen atoms in total. The molecule has 0 saturated heterocycles. The van der Waals surface area contributed by atoms with Crippen LogP contribution in [0.1, 0.15) is 41.5 Å². The van der Waals surface area contributed by atoms with Crippen molar-refractivity contribution in [3.05, 3.63) is 0 Å². The van der Waals surface area contributed by atoms with E-state index in [4.69, 9.17) is 35.9 Å². The summed E-state index contributed by atoms with van der Waals surface area (Å²) in [6.45, 7) is 10.7. The monoisotopic (exact) mass is 436 g/mol. The van der Waals surface area contributed by atoms with E-state index in [2.05, 4.69) is 0 Å². The number of halogens is 1.